The van der Waals surface area contributed by atoms with E-state index < -0.39 is 41.4 Å². The number of carboxylic acid groups (broad SMARTS) is 2. The van der Waals surface area contributed by atoms with Crippen molar-refractivity contribution in [2.24, 2.45) is 5.73 Å². The molecule has 39 heavy (non-hydrogen) atoms. The molecule has 10 heteroatoms. The van der Waals surface area contributed by atoms with Crippen molar-refractivity contribution in [3.05, 3.63) is 95.6 Å². The summed E-state index contributed by atoms with van der Waals surface area (Å²) < 4.78 is 39.9. The van der Waals surface area contributed by atoms with Crippen LogP contribution in [0.15, 0.2) is 72.8 Å². The summed E-state index contributed by atoms with van der Waals surface area (Å²) in [4.78, 5) is 27.0. The normalized spacial score (nSPS) is 11.6. The first kappa shape index (κ1) is 27.2. The van der Waals surface area contributed by atoms with Crippen LogP contribution in [-0.4, -0.2) is 33.2 Å². The van der Waals surface area contributed by atoms with Gasteiger partial charge in [0, 0.05) is 12.6 Å². The number of carbonyl (C=O) groups is 2. The number of aromatic carboxylic acids is 1. The van der Waals surface area contributed by atoms with Crippen molar-refractivity contribution in [2.75, 3.05) is 0 Å². The van der Waals surface area contributed by atoms with E-state index in [1.54, 1.807) is 30.3 Å². The van der Waals surface area contributed by atoms with Gasteiger partial charge in [-0.25, -0.2) is 18.4 Å². The molecule has 0 fully saturated rings. The first-order chi connectivity index (χ1) is 18.7. The van der Waals surface area contributed by atoms with Gasteiger partial charge < -0.3 is 25.4 Å². The fourth-order valence-corrected chi connectivity index (χ4v) is 3.92. The summed E-state index contributed by atoms with van der Waals surface area (Å²) in [6, 6.07) is 19.0. The molecule has 1 heterocycles. The highest BCUT2D eigenvalue weighted by Gasteiger charge is 2.23. The number of aliphatic carboxylic acids is 1. The second kappa shape index (κ2) is 11.7. The van der Waals surface area contributed by atoms with Crippen molar-refractivity contribution in [3.8, 4) is 39.8 Å². The minimum atomic E-state index is -1.40. The third-order valence-electron chi connectivity index (χ3n) is 5.85. The van der Waals surface area contributed by atoms with Crippen LogP contribution in [0.5, 0.6) is 17.5 Å². The van der Waals surface area contributed by atoms with E-state index in [1.807, 2.05) is 24.3 Å². The number of rotatable bonds is 10. The zero-order valence-electron chi connectivity index (χ0n) is 20.7. The second-order valence-electron chi connectivity index (χ2n) is 8.52. The molecule has 0 spiro atoms. The van der Waals surface area contributed by atoms with Gasteiger partial charge in [-0.15, -0.1) is 0 Å². The molecule has 0 aliphatic rings. The number of benzene rings is 3. The number of ether oxygens (including phenoxy) is 2. The maximum absolute atomic E-state index is 14.7. The zero-order valence-corrected chi connectivity index (χ0v) is 20.7. The van der Waals surface area contributed by atoms with Crippen LogP contribution < -0.4 is 15.2 Å². The zero-order chi connectivity index (χ0) is 28.1. The Balaban J connectivity index is 1.83. The average molecular weight is 535 g/mol. The molecule has 0 amide bonds. The summed E-state index contributed by atoms with van der Waals surface area (Å²) in [5.74, 6) is -6.13. The quantitative estimate of drug-likeness (QED) is 0.230. The molecule has 8 nitrogen and oxygen atoms in total. The monoisotopic (exact) mass is 534 g/mol. The Labute approximate surface area is 222 Å². The minimum absolute atomic E-state index is 0.0142. The average Bonchev–Trinajstić information content (AvgIpc) is 2.93. The first-order valence-corrected chi connectivity index (χ1v) is 11.9. The molecule has 4 rings (SSSR count). The van der Waals surface area contributed by atoms with E-state index in [9.17, 15) is 28.6 Å². The van der Waals surface area contributed by atoms with Gasteiger partial charge in [-0.3, -0.25) is 0 Å². The Bertz CT molecular complexity index is 1540. The van der Waals surface area contributed by atoms with Gasteiger partial charge >= 0.3 is 11.9 Å². The lowest BCUT2D eigenvalue weighted by Crippen LogP contribution is -2.26. The summed E-state index contributed by atoms with van der Waals surface area (Å²) in [5.41, 5.74) is 8.86. The van der Waals surface area contributed by atoms with Gasteiger partial charge in [-0.2, -0.15) is 4.98 Å². The molecule has 0 saturated carbocycles. The molecule has 4 aromatic rings. The number of nitrogens with zero attached hydrogens (tertiary/aromatic N) is 1. The van der Waals surface area contributed by atoms with Crippen LogP contribution in [0.4, 0.5) is 8.78 Å². The van der Waals surface area contributed by atoms with Crippen molar-refractivity contribution in [2.45, 2.75) is 26.0 Å². The predicted octanol–water partition coefficient (Wildman–Crippen LogP) is 5.89. The maximum atomic E-state index is 14.7. The van der Waals surface area contributed by atoms with Crippen molar-refractivity contribution in [1.82, 2.24) is 4.98 Å². The molecule has 0 saturated heterocycles. The first-order valence-electron chi connectivity index (χ1n) is 11.9. The molecule has 200 valence electrons. The van der Waals surface area contributed by atoms with Crippen LogP contribution in [-0.2, 0) is 11.3 Å². The Morgan fingerprint density at radius 2 is 1.62 bits per heavy atom. The topological polar surface area (TPSA) is 132 Å². The number of halogens is 2. The molecular formula is C29H24F2N2O6. The Hall–Kier alpha value is -4.83. The standard InChI is InChI=1S/C29H24F2N2O6/c1-2-25(29(36)37)39-27-24(31)14-23(30)26(33-27)38-20-12-18(17-7-5-6-16(10-17)15-32)11-19(13-20)21-8-3-4-9-22(21)28(34)35/h3-14,25H,2,15,32H2,1H3,(H,34,35)(H,36,37)/t25-/m1/s1. The highest BCUT2D eigenvalue weighted by molar-refractivity contribution is 5.96. The number of nitrogens with two attached hydrogens (primary N) is 1. The number of pyridine rings is 1. The van der Waals surface area contributed by atoms with Gasteiger partial charge in [0.25, 0.3) is 11.8 Å². The fraction of sp³-hybridized carbons (Fsp3) is 0.138. The van der Waals surface area contributed by atoms with Crippen LogP contribution in [0.1, 0.15) is 29.3 Å². The van der Waals surface area contributed by atoms with Crippen molar-refractivity contribution in [1.29, 1.82) is 0 Å². The van der Waals surface area contributed by atoms with Crippen LogP contribution in [0.3, 0.4) is 0 Å². The van der Waals surface area contributed by atoms with Gasteiger partial charge in [-0.05, 0) is 64.6 Å². The van der Waals surface area contributed by atoms with Gasteiger partial charge in [0.05, 0.1) is 5.56 Å². The molecule has 0 bridgehead atoms. The molecule has 4 N–H and O–H groups in total. The van der Waals surface area contributed by atoms with E-state index in [-0.39, 0.29) is 17.7 Å². The molecule has 3 aromatic carbocycles. The van der Waals surface area contributed by atoms with E-state index in [4.69, 9.17) is 15.2 Å². The number of hydrogen-bond acceptors (Lipinski definition) is 6. The SMILES string of the molecule is CC[C@@H](Oc1nc(Oc2cc(-c3cccc(CN)c3)cc(-c3ccccc3C(=O)O)c2)c(F)cc1F)C(=O)O. The molecule has 1 aromatic heterocycles. The maximum Gasteiger partial charge on any atom is 0.344 e. The third-order valence-corrected chi connectivity index (χ3v) is 5.85. The van der Waals surface area contributed by atoms with Crippen LogP contribution in [0, 0.1) is 11.6 Å². The summed E-state index contributed by atoms with van der Waals surface area (Å²) in [7, 11) is 0. The Kier molecular flexibility index (Phi) is 8.16. The Morgan fingerprint density at radius 3 is 2.31 bits per heavy atom. The summed E-state index contributed by atoms with van der Waals surface area (Å²) in [6.45, 7) is 1.82. The molecule has 0 aliphatic carbocycles. The van der Waals surface area contributed by atoms with E-state index >= 15 is 0 Å². The molecular weight excluding hydrogens is 510 g/mol. The van der Waals surface area contributed by atoms with Gasteiger partial charge in [0.2, 0.25) is 0 Å². The highest BCUT2D eigenvalue weighted by Crippen LogP contribution is 2.36. The second-order valence-corrected chi connectivity index (χ2v) is 8.52. The summed E-state index contributed by atoms with van der Waals surface area (Å²) in [5, 5.41) is 18.9. The molecule has 0 radical (unpaired) electrons. The smallest absolute Gasteiger partial charge is 0.344 e. The van der Waals surface area contributed by atoms with Crippen LogP contribution >= 0.6 is 0 Å². The van der Waals surface area contributed by atoms with Crippen LogP contribution in [0.2, 0.25) is 0 Å². The van der Waals surface area contributed by atoms with E-state index in [1.165, 1.54) is 19.1 Å². The predicted molar refractivity (Wildman–Crippen MR) is 139 cm³/mol. The third kappa shape index (κ3) is 6.19. The van der Waals surface area contributed by atoms with Gasteiger partial charge in [0.1, 0.15) is 5.75 Å². The number of aromatic nitrogens is 1. The lowest BCUT2D eigenvalue weighted by atomic mass is 9.95. The van der Waals surface area contributed by atoms with Gasteiger partial charge in [-0.1, -0.05) is 43.3 Å². The Morgan fingerprint density at radius 1 is 0.897 bits per heavy atom. The van der Waals surface area contributed by atoms with Crippen molar-refractivity contribution >= 4 is 11.9 Å². The highest BCUT2D eigenvalue weighted by atomic mass is 19.1. The lowest BCUT2D eigenvalue weighted by Gasteiger charge is -2.16. The van der Waals surface area contributed by atoms with Crippen molar-refractivity contribution in [3.63, 3.8) is 0 Å². The number of carboxylic acids is 2. The van der Waals surface area contributed by atoms with Crippen molar-refractivity contribution < 1.29 is 38.1 Å². The lowest BCUT2D eigenvalue weighted by molar-refractivity contribution is -0.145. The fourth-order valence-electron chi connectivity index (χ4n) is 3.92. The largest absolute Gasteiger partial charge is 0.479 e. The minimum Gasteiger partial charge on any atom is -0.479 e. The van der Waals surface area contributed by atoms with Gasteiger partial charge in [0.15, 0.2) is 17.7 Å². The van der Waals surface area contributed by atoms with E-state index in [0.29, 0.717) is 29.3 Å². The molecule has 1 atom stereocenters. The number of hydrogen-bond donors (Lipinski definition) is 3. The molecule has 0 aliphatic heterocycles. The van der Waals surface area contributed by atoms with Crippen LogP contribution in [0.25, 0.3) is 22.3 Å². The summed E-state index contributed by atoms with van der Waals surface area (Å²) >= 11 is 0. The van der Waals surface area contributed by atoms with E-state index in [2.05, 4.69) is 4.98 Å². The molecule has 0 unspecified atom stereocenters. The summed E-state index contributed by atoms with van der Waals surface area (Å²) in [6.07, 6.45) is -1.39. The van der Waals surface area contributed by atoms with E-state index in [0.717, 1.165) is 11.1 Å².